The Morgan fingerprint density at radius 3 is 2.38 bits per heavy atom. The number of ether oxygens (including phenoxy) is 1. The highest BCUT2D eigenvalue weighted by atomic mass is 79.9. The minimum atomic E-state index is 0.186. The molecule has 0 aromatic carbocycles. The fourth-order valence-corrected chi connectivity index (χ4v) is 1.88. The molecule has 1 N–H and O–H groups in total. The van der Waals surface area contributed by atoms with Crippen molar-refractivity contribution in [2.75, 3.05) is 25.1 Å². The monoisotopic (exact) mass is 293 g/mol. The van der Waals surface area contributed by atoms with Gasteiger partial charge < -0.3 is 10.1 Å². The van der Waals surface area contributed by atoms with Crippen LogP contribution in [0.1, 0.15) is 39.5 Å². The maximum Gasteiger partial charge on any atom is 0.223 e. The molecule has 0 atom stereocenters. The Morgan fingerprint density at radius 1 is 1.25 bits per heavy atom. The molecule has 0 aromatic heterocycles. The maximum absolute atomic E-state index is 11.8. The third kappa shape index (κ3) is 8.11. The van der Waals surface area contributed by atoms with Gasteiger partial charge in [0.05, 0.1) is 13.2 Å². The lowest BCUT2D eigenvalue weighted by Gasteiger charge is -2.15. The van der Waals surface area contributed by atoms with Gasteiger partial charge in [0.25, 0.3) is 0 Å². The van der Waals surface area contributed by atoms with Crippen LogP contribution in [0, 0.1) is 5.92 Å². The Labute approximate surface area is 107 Å². The van der Waals surface area contributed by atoms with Crippen molar-refractivity contribution in [2.45, 2.75) is 39.5 Å². The number of carbonyl (C=O) groups is 1. The van der Waals surface area contributed by atoms with E-state index in [0.29, 0.717) is 19.8 Å². The zero-order valence-electron chi connectivity index (χ0n) is 10.4. The van der Waals surface area contributed by atoms with E-state index in [4.69, 9.17) is 4.74 Å². The van der Waals surface area contributed by atoms with Crippen molar-refractivity contribution in [3.05, 3.63) is 0 Å². The van der Waals surface area contributed by atoms with Crippen LogP contribution < -0.4 is 5.32 Å². The summed E-state index contributed by atoms with van der Waals surface area (Å²) in [5.41, 5.74) is 0. The molecule has 0 bridgehead atoms. The third-order valence-corrected chi connectivity index (χ3v) is 2.74. The molecule has 0 rings (SSSR count). The van der Waals surface area contributed by atoms with E-state index in [2.05, 4.69) is 35.1 Å². The van der Waals surface area contributed by atoms with Crippen LogP contribution in [0.4, 0.5) is 0 Å². The van der Waals surface area contributed by atoms with E-state index in [1.54, 1.807) is 0 Å². The molecule has 0 radical (unpaired) electrons. The molecule has 0 saturated heterocycles. The lowest BCUT2D eigenvalue weighted by Crippen LogP contribution is -2.33. The summed E-state index contributed by atoms with van der Waals surface area (Å²) in [6.45, 7) is 6.16. The highest BCUT2D eigenvalue weighted by Crippen LogP contribution is 2.13. The molecule has 3 nitrogen and oxygen atoms in total. The van der Waals surface area contributed by atoms with Gasteiger partial charge in [-0.05, 0) is 12.8 Å². The summed E-state index contributed by atoms with van der Waals surface area (Å²) >= 11 is 3.28. The highest BCUT2D eigenvalue weighted by Gasteiger charge is 2.15. The van der Waals surface area contributed by atoms with Crippen molar-refractivity contribution in [2.24, 2.45) is 5.92 Å². The van der Waals surface area contributed by atoms with Crippen LogP contribution in [0.15, 0.2) is 0 Å². The van der Waals surface area contributed by atoms with Crippen LogP contribution >= 0.6 is 15.9 Å². The quantitative estimate of drug-likeness (QED) is 0.497. The van der Waals surface area contributed by atoms with E-state index in [0.717, 1.165) is 31.0 Å². The number of carbonyl (C=O) groups excluding carboxylic acids is 1. The molecule has 0 heterocycles. The number of rotatable bonds is 10. The first-order chi connectivity index (χ1) is 7.76. The average Bonchev–Trinajstić information content (AvgIpc) is 2.28. The van der Waals surface area contributed by atoms with Crippen LogP contribution in [-0.4, -0.2) is 31.0 Å². The Morgan fingerprint density at radius 2 is 1.88 bits per heavy atom. The molecule has 0 fully saturated rings. The summed E-state index contributed by atoms with van der Waals surface area (Å²) < 4.78 is 5.27. The van der Waals surface area contributed by atoms with Crippen LogP contribution in [0.25, 0.3) is 0 Å². The summed E-state index contributed by atoms with van der Waals surface area (Å²) in [4.78, 5) is 11.8. The van der Waals surface area contributed by atoms with Gasteiger partial charge >= 0.3 is 0 Å². The number of amides is 1. The van der Waals surface area contributed by atoms with Crippen molar-refractivity contribution < 1.29 is 9.53 Å². The van der Waals surface area contributed by atoms with Crippen LogP contribution in [0.2, 0.25) is 0 Å². The lowest BCUT2D eigenvalue weighted by atomic mass is 9.97. The van der Waals surface area contributed by atoms with Crippen LogP contribution in [0.3, 0.4) is 0 Å². The fourth-order valence-electron chi connectivity index (χ4n) is 1.65. The van der Waals surface area contributed by atoms with Crippen molar-refractivity contribution >= 4 is 21.8 Å². The second-order valence-electron chi connectivity index (χ2n) is 3.87. The standard InChI is InChI=1S/C12H24BrNO2/c1-3-5-11(6-4-2)12(15)14-8-10-16-9-7-13/h11H,3-10H2,1-2H3,(H,14,15). The molecular weight excluding hydrogens is 270 g/mol. The molecule has 0 aromatic rings. The van der Waals surface area contributed by atoms with Crippen molar-refractivity contribution in [1.29, 1.82) is 0 Å². The fraction of sp³-hybridized carbons (Fsp3) is 0.917. The normalized spacial score (nSPS) is 10.8. The zero-order valence-corrected chi connectivity index (χ0v) is 12.0. The van der Waals surface area contributed by atoms with Gasteiger partial charge in [0.2, 0.25) is 5.91 Å². The Kier molecular flexibility index (Phi) is 11.3. The summed E-state index contributed by atoms with van der Waals surface area (Å²) in [5, 5.41) is 3.77. The number of hydrogen-bond donors (Lipinski definition) is 1. The Hall–Kier alpha value is -0.0900. The molecule has 0 unspecified atom stereocenters. The summed E-state index contributed by atoms with van der Waals surface area (Å²) in [5.74, 6) is 0.373. The zero-order chi connectivity index (χ0) is 12.2. The van der Waals surface area contributed by atoms with E-state index in [1.807, 2.05) is 0 Å². The molecule has 0 aliphatic heterocycles. The lowest BCUT2D eigenvalue weighted by molar-refractivity contribution is -0.125. The van der Waals surface area contributed by atoms with E-state index >= 15 is 0 Å². The van der Waals surface area contributed by atoms with Crippen LogP contribution in [0.5, 0.6) is 0 Å². The van der Waals surface area contributed by atoms with Crippen molar-refractivity contribution in [3.63, 3.8) is 0 Å². The molecule has 1 amide bonds. The first-order valence-electron chi connectivity index (χ1n) is 6.17. The first-order valence-corrected chi connectivity index (χ1v) is 7.29. The van der Waals surface area contributed by atoms with Gasteiger partial charge in [-0.25, -0.2) is 0 Å². The van der Waals surface area contributed by atoms with Gasteiger partial charge in [0, 0.05) is 17.8 Å². The smallest absolute Gasteiger partial charge is 0.223 e. The third-order valence-electron chi connectivity index (χ3n) is 2.41. The van der Waals surface area contributed by atoms with E-state index < -0.39 is 0 Å². The van der Waals surface area contributed by atoms with Gasteiger partial charge in [-0.15, -0.1) is 0 Å². The minimum absolute atomic E-state index is 0.186. The molecule has 0 saturated carbocycles. The largest absolute Gasteiger partial charge is 0.379 e. The molecular formula is C12H24BrNO2. The predicted molar refractivity (Wildman–Crippen MR) is 70.9 cm³/mol. The number of alkyl halides is 1. The van der Waals surface area contributed by atoms with Gasteiger partial charge in [-0.2, -0.15) is 0 Å². The number of nitrogens with one attached hydrogen (secondary N) is 1. The van der Waals surface area contributed by atoms with Crippen molar-refractivity contribution in [3.8, 4) is 0 Å². The molecule has 0 aliphatic rings. The molecule has 96 valence electrons. The second kappa shape index (κ2) is 11.4. The van der Waals surface area contributed by atoms with E-state index in [9.17, 15) is 4.79 Å². The maximum atomic E-state index is 11.8. The van der Waals surface area contributed by atoms with Crippen LogP contribution in [-0.2, 0) is 9.53 Å². The first kappa shape index (κ1) is 15.9. The van der Waals surface area contributed by atoms with E-state index in [1.165, 1.54) is 0 Å². The summed E-state index contributed by atoms with van der Waals surface area (Å²) in [7, 11) is 0. The molecule has 0 aliphatic carbocycles. The minimum Gasteiger partial charge on any atom is -0.379 e. The van der Waals surface area contributed by atoms with Gasteiger partial charge in [-0.3, -0.25) is 4.79 Å². The molecule has 0 spiro atoms. The Bertz CT molecular complexity index is 170. The number of hydrogen-bond acceptors (Lipinski definition) is 2. The van der Waals surface area contributed by atoms with Gasteiger partial charge in [0.1, 0.15) is 0 Å². The average molecular weight is 294 g/mol. The molecule has 16 heavy (non-hydrogen) atoms. The highest BCUT2D eigenvalue weighted by molar-refractivity contribution is 9.09. The second-order valence-corrected chi connectivity index (χ2v) is 4.66. The SMILES string of the molecule is CCCC(CCC)C(=O)NCCOCCBr. The predicted octanol–water partition coefficient (Wildman–Crippen LogP) is 2.73. The van der Waals surface area contributed by atoms with Gasteiger partial charge in [0.15, 0.2) is 0 Å². The summed E-state index contributed by atoms with van der Waals surface area (Å²) in [6, 6.07) is 0. The van der Waals surface area contributed by atoms with Crippen molar-refractivity contribution in [1.82, 2.24) is 5.32 Å². The summed E-state index contributed by atoms with van der Waals surface area (Å²) in [6.07, 6.45) is 4.11. The van der Waals surface area contributed by atoms with E-state index in [-0.39, 0.29) is 11.8 Å². The molecule has 4 heteroatoms. The topological polar surface area (TPSA) is 38.3 Å². The Balaban J connectivity index is 3.65. The van der Waals surface area contributed by atoms with Gasteiger partial charge in [-0.1, -0.05) is 42.6 Å². The number of halogens is 1.